The van der Waals surface area contributed by atoms with Crippen LogP contribution in [-0.4, -0.2) is 35.2 Å². The summed E-state index contributed by atoms with van der Waals surface area (Å²) >= 11 is 5.98. The van der Waals surface area contributed by atoms with Crippen LogP contribution in [0.25, 0.3) is 11.4 Å². The number of rotatable bonds is 3. The van der Waals surface area contributed by atoms with Crippen LogP contribution in [0.2, 0.25) is 5.02 Å². The van der Waals surface area contributed by atoms with Crippen LogP contribution in [0.15, 0.2) is 28.8 Å². The average Bonchev–Trinajstić information content (AvgIpc) is 2.97. The van der Waals surface area contributed by atoms with Crippen LogP contribution in [-0.2, 0) is 4.79 Å². The van der Waals surface area contributed by atoms with E-state index in [9.17, 15) is 4.79 Å². The van der Waals surface area contributed by atoms with Gasteiger partial charge in [-0.15, -0.1) is 0 Å². The van der Waals surface area contributed by atoms with Crippen molar-refractivity contribution in [3.63, 3.8) is 0 Å². The number of carbonyl (C=O) groups is 1. The first-order valence-corrected chi connectivity index (χ1v) is 7.61. The Kier molecular flexibility index (Phi) is 4.29. The lowest BCUT2D eigenvalue weighted by Crippen LogP contribution is -2.44. The van der Waals surface area contributed by atoms with Crippen LogP contribution in [0, 0.1) is 0 Å². The first-order chi connectivity index (χ1) is 10.6. The third-order valence-corrected chi connectivity index (χ3v) is 3.91. The molecule has 0 spiro atoms. The molecule has 116 valence electrons. The number of anilines is 1. The molecule has 0 aliphatic carbocycles. The third kappa shape index (κ3) is 3.39. The summed E-state index contributed by atoms with van der Waals surface area (Å²) in [4.78, 5) is 17.5. The number of amides is 1. The number of nitrogens with zero attached hydrogens (tertiary/aromatic N) is 3. The fourth-order valence-corrected chi connectivity index (χ4v) is 2.78. The van der Waals surface area contributed by atoms with Crippen molar-refractivity contribution >= 4 is 23.5 Å². The first kappa shape index (κ1) is 14.8. The average molecular weight is 321 g/mol. The van der Waals surface area contributed by atoms with Gasteiger partial charge in [-0.3, -0.25) is 4.79 Å². The van der Waals surface area contributed by atoms with Crippen molar-refractivity contribution < 1.29 is 9.32 Å². The quantitative estimate of drug-likeness (QED) is 0.940. The van der Waals surface area contributed by atoms with Gasteiger partial charge in [-0.25, -0.2) is 0 Å². The lowest BCUT2D eigenvalue weighted by atomic mass is 10.1. The molecule has 0 saturated carbocycles. The smallest absolute Gasteiger partial charge is 0.324 e. The predicted molar refractivity (Wildman–Crippen MR) is 83.8 cm³/mol. The molecule has 1 saturated heterocycles. The number of nitrogens with one attached hydrogen (secondary N) is 1. The second-order valence-corrected chi connectivity index (χ2v) is 5.81. The summed E-state index contributed by atoms with van der Waals surface area (Å²) < 4.78 is 5.35. The van der Waals surface area contributed by atoms with Crippen molar-refractivity contribution in [1.82, 2.24) is 15.5 Å². The highest BCUT2D eigenvalue weighted by atomic mass is 35.5. The van der Waals surface area contributed by atoms with E-state index in [1.165, 1.54) is 0 Å². The molecule has 22 heavy (non-hydrogen) atoms. The van der Waals surface area contributed by atoms with Gasteiger partial charge in [0.15, 0.2) is 0 Å². The summed E-state index contributed by atoms with van der Waals surface area (Å²) in [6.07, 6.45) is 1.74. The van der Waals surface area contributed by atoms with Crippen LogP contribution in [0.1, 0.15) is 19.8 Å². The lowest BCUT2D eigenvalue weighted by molar-refractivity contribution is -0.119. The zero-order valence-electron chi connectivity index (χ0n) is 12.3. The molecule has 7 heteroatoms. The Morgan fingerprint density at radius 2 is 2.18 bits per heavy atom. The molecule has 6 nitrogen and oxygen atoms in total. The molecule has 1 aromatic heterocycles. The zero-order valence-corrected chi connectivity index (χ0v) is 13.0. The molecule has 1 amide bonds. The highest BCUT2D eigenvalue weighted by Crippen LogP contribution is 2.24. The number of aromatic nitrogens is 2. The Morgan fingerprint density at radius 3 is 2.86 bits per heavy atom. The van der Waals surface area contributed by atoms with E-state index in [4.69, 9.17) is 16.1 Å². The van der Waals surface area contributed by atoms with Crippen molar-refractivity contribution in [2.24, 2.45) is 0 Å². The Bertz CT molecular complexity index is 665. The molecule has 2 aromatic rings. The maximum Gasteiger partial charge on any atom is 0.324 e. The van der Waals surface area contributed by atoms with Gasteiger partial charge in [-0.2, -0.15) is 4.98 Å². The molecular formula is C15H17ClN4O2. The molecule has 0 unspecified atom stereocenters. The molecule has 0 radical (unpaired) electrons. The summed E-state index contributed by atoms with van der Waals surface area (Å²) in [5, 5.41) is 7.60. The number of piperidine rings is 1. The van der Waals surface area contributed by atoms with Gasteiger partial charge in [0.05, 0.1) is 0 Å². The van der Waals surface area contributed by atoms with Crippen molar-refractivity contribution in [1.29, 1.82) is 0 Å². The Hall–Kier alpha value is -2.08. The molecule has 2 heterocycles. The maximum absolute atomic E-state index is 11.1. The van der Waals surface area contributed by atoms with Gasteiger partial charge in [0.2, 0.25) is 11.7 Å². The van der Waals surface area contributed by atoms with E-state index in [-0.39, 0.29) is 11.9 Å². The van der Waals surface area contributed by atoms with E-state index < -0.39 is 0 Å². The molecular weight excluding hydrogens is 304 g/mol. The second-order valence-electron chi connectivity index (χ2n) is 5.37. The summed E-state index contributed by atoms with van der Waals surface area (Å²) in [5.74, 6) is 0.543. The van der Waals surface area contributed by atoms with Gasteiger partial charge in [-0.1, -0.05) is 28.9 Å². The van der Waals surface area contributed by atoms with E-state index >= 15 is 0 Å². The molecule has 1 aromatic carbocycles. The van der Waals surface area contributed by atoms with Gasteiger partial charge in [0, 0.05) is 36.6 Å². The summed E-state index contributed by atoms with van der Waals surface area (Å²) in [5.41, 5.74) is 0.829. The Labute approximate surface area is 133 Å². The minimum atomic E-state index is 0.0134. The second kappa shape index (κ2) is 6.36. The molecule has 1 aliphatic rings. The number of hydrogen-bond donors (Lipinski definition) is 1. The Morgan fingerprint density at radius 1 is 1.41 bits per heavy atom. The SMILES string of the molecule is CC(=O)NC1CCN(c2nc(-c3cccc(Cl)c3)no2)CC1. The third-order valence-electron chi connectivity index (χ3n) is 3.67. The van der Waals surface area contributed by atoms with E-state index in [0.29, 0.717) is 16.9 Å². The van der Waals surface area contributed by atoms with E-state index in [2.05, 4.69) is 15.5 Å². The number of benzene rings is 1. The molecule has 0 atom stereocenters. The van der Waals surface area contributed by atoms with Crippen molar-refractivity contribution in [2.75, 3.05) is 18.0 Å². The fourth-order valence-electron chi connectivity index (χ4n) is 2.59. The van der Waals surface area contributed by atoms with Gasteiger partial charge in [0.1, 0.15) is 0 Å². The minimum absolute atomic E-state index is 0.0134. The fraction of sp³-hybridized carbons (Fsp3) is 0.400. The number of hydrogen-bond acceptors (Lipinski definition) is 5. The molecule has 1 N–H and O–H groups in total. The summed E-state index contributed by atoms with van der Waals surface area (Å²) in [6, 6.07) is 8.09. The zero-order chi connectivity index (χ0) is 15.5. The molecule has 1 fully saturated rings. The first-order valence-electron chi connectivity index (χ1n) is 7.23. The predicted octanol–water partition coefficient (Wildman–Crippen LogP) is 2.49. The normalized spacial score (nSPS) is 15.8. The highest BCUT2D eigenvalue weighted by Gasteiger charge is 2.23. The number of carbonyl (C=O) groups excluding carboxylic acids is 1. The van der Waals surface area contributed by atoms with Crippen LogP contribution in [0.5, 0.6) is 0 Å². The van der Waals surface area contributed by atoms with Gasteiger partial charge >= 0.3 is 6.01 Å². The molecule has 0 bridgehead atoms. The van der Waals surface area contributed by atoms with Gasteiger partial charge in [0.25, 0.3) is 0 Å². The molecule has 3 rings (SSSR count). The lowest BCUT2D eigenvalue weighted by Gasteiger charge is -2.30. The van der Waals surface area contributed by atoms with Crippen LogP contribution in [0.4, 0.5) is 6.01 Å². The largest absolute Gasteiger partial charge is 0.353 e. The van der Waals surface area contributed by atoms with Crippen molar-refractivity contribution in [2.45, 2.75) is 25.8 Å². The topological polar surface area (TPSA) is 71.3 Å². The molecule has 1 aliphatic heterocycles. The van der Waals surface area contributed by atoms with Gasteiger partial charge < -0.3 is 14.7 Å². The highest BCUT2D eigenvalue weighted by molar-refractivity contribution is 6.30. The maximum atomic E-state index is 11.1. The Balaban J connectivity index is 1.66. The monoisotopic (exact) mass is 320 g/mol. The van der Waals surface area contributed by atoms with Crippen LogP contribution < -0.4 is 10.2 Å². The van der Waals surface area contributed by atoms with E-state index in [1.54, 1.807) is 19.1 Å². The summed E-state index contributed by atoms with van der Waals surface area (Å²) in [7, 11) is 0. The van der Waals surface area contributed by atoms with Crippen LogP contribution in [0.3, 0.4) is 0 Å². The van der Waals surface area contributed by atoms with Crippen molar-refractivity contribution in [3.8, 4) is 11.4 Å². The van der Waals surface area contributed by atoms with Gasteiger partial charge in [-0.05, 0) is 25.0 Å². The summed E-state index contributed by atoms with van der Waals surface area (Å²) in [6.45, 7) is 3.10. The van der Waals surface area contributed by atoms with E-state index in [1.807, 2.05) is 17.0 Å². The standard InChI is InChI=1S/C15H17ClN4O2/c1-10(21)17-13-5-7-20(8-6-13)15-18-14(19-22-15)11-3-2-4-12(16)9-11/h2-4,9,13H,5-8H2,1H3,(H,17,21). The van der Waals surface area contributed by atoms with E-state index in [0.717, 1.165) is 31.5 Å². The van der Waals surface area contributed by atoms with Crippen LogP contribution >= 0.6 is 11.6 Å². The van der Waals surface area contributed by atoms with Crippen molar-refractivity contribution in [3.05, 3.63) is 29.3 Å². The number of halogens is 1. The minimum Gasteiger partial charge on any atom is -0.353 e.